The van der Waals surface area contributed by atoms with Gasteiger partial charge in [0, 0.05) is 4.90 Å². The van der Waals surface area contributed by atoms with Gasteiger partial charge in [0.1, 0.15) is 16.4 Å². The van der Waals surface area contributed by atoms with Crippen molar-refractivity contribution >= 4 is 67.6 Å². The predicted molar refractivity (Wildman–Crippen MR) is 128 cm³/mol. The quantitative estimate of drug-likeness (QED) is 0.205. The van der Waals surface area contributed by atoms with Crippen molar-refractivity contribution in [3.05, 3.63) is 69.7 Å². The van der Waals surface area contributed by atoms with E-state index in [4.69, 9.17) is 15.9 Å². The molecule has 1 aromatic carbocycles. The molecule has 3 aromatic heterocycles. The maximum atomic E-state index is 13.0. The lowest BCUT2D eigenvalue weighted by atomic mass is 10.2. The monoisotopic (exact) mass is 539 g/mol. The summed E-state index contributed by atoms with van der Waals surface area (Å²) in [5, 5.41) is 2.72. The van der Waals surface area contributed by atoms with E-state index in [1.165, 1.54) is 48.5 Å². The van der Waals surface area contributed by atoms with Crippen LogP contribution in [0.5, 0.6) is 0 Å². The van der Waals surface area contributed by atoms with E-state index in [-0.39, 0.29) is 25.6 Å². The first kappa shape index (κ1) is 24.1. The Bertz CT molecular complexity index is 1520. The SMILES string of the molecule is COOSc1ccc2ncn(-c3ccc(NC(=O)NS(=O)(=O)c4ccc(Cl)s4)cn3)c(=O)c2c1. The van der Waals surface area contributed by atoms with E-state index in [0.717, 1.165) is 23.4 Å². The second-order valence-electron chi connectivity index (χ2n) is 6.44. The van der Waals surface area contributed by atoms with Crippen LogP contribution in [0.4, 0.5) is 10.5 Å². The van der Waals surface area contributed by atoms with E-state index in [1.54, 1.807) is 18.2 Å². The lowest BCUT2D eigenvalue weighted by molar-refractivity contribution is -0.160. The van der Waals surface area contributed by atoms with Crippen molar-refractivity contribution in [2.45, 2.75) is 9.10 Å². The molecule has 0 saturated carbocycles. The molecule has 0 bridgehead atoms. The molecule has 4 rings (SSSR count). The van der Waals surface area contributed by atoms with Gasteiger partial charge in [-0.15, -0.1) is 11.3 Å². The molecule has 0 aliphatic rings. The van der Waals surface area contributed by atoms with Gasteiger partial charge in [-0.1, -0.05) is 11.6 Å². The summed E-state index contributed by atoms with van der Waals surface area (Å²) in [6, 6.07) is 9.70. The third kappa shape index (κ3) is 5.38. The summed E-state index contributed by atoms with van der Waals surface area (Å²) < 4.78 is 32.6. The van der Waals surface area contributed by atoms with Crippen LogP contribution in [0.25, 0.3) is 16.7 Å². The number of hydrogen-bond acceptors (Lipinski definition) is 10. The highest BCUT2D eigenvalue weighted by Gasteiger charge is 2.20. The fraction of sp³-hybridized carbons (Fsp3) is 0.0526. The molecule has 3 heterocycles. The Morgan fingerprint density at radius 3 is 2.68 bits per heavy atom. The van der Waals surface area contributed by atoms with E-state index in [9.17, 15) is 18.0 Å². The number of benzene rings is 1. The molecule has 15 heteroatoms. The fourth-order valence-corrected chi connectivity index (χ4v) is 5.59. The van der Waals surface area contributed by atoms with Crippen molar-refractivity contribution < 1.29 is 22.4 Å². The van der Waals surface area contributed by atoms with Crippen LogP contribution in [-0.4, -0.2) is 36.1 Å². The highest BCUT2D eigenvalue weighted by Crippen LogP contribution is 2.25. The normalized spacial score (nSPS) is 11.5. The van der Waals surface area contributed by atoms with Gasteiger partial charge in [-0.3, -0.25) is 9.36 Å². The van der Waals surface area contributed by atoms with Crippen molar-refractivity contribution in [3.8, 4) is 5.82 Å². The number of nitrogens with zero attached hydrogens (tertiary/aromatic N) is 3. The Morgan fingerprint density at radius 2 is 2.00 bits per heavy atom. The first-order valence-electron chi connectivity index (χ1n) is 9.21. The minimum atomic E-state index is -4.07. The first-order chi connectivity index (χ1) is 16.3. The lowest BCUT2D eigenvalue weighted by Crippen LogP contribution is -2.34. The zero-order chi connectivity index (χ0) is 24.3. The molecule has 176 valence electrons. The zero-order valence-corrected chi connectivity index (χ0v) is 20.3. The molecular weight excluding hydrogens is 526 g/mol. The third-order valence-electron chi connectivity index (χ3n) is 4.22. The third-order valence-corrected chi connectivity index (χ3v) is 7.93. The topological polar surface area (TPSA) is 142 Å². The summed E-state index contributed by atoms with van der Waals surface area (Å²) in [5.74, 6) is 0.248. The van der Waals surface area contributed by atoms with Crippen LogP contribution < -0.4 is 15.6 Å². The number of carbonyl (C=O) groups is 1. The largest absolute Gasteiger partial charge is 0.333 e. The van der Waals surface area contributed by atoms with E-state index in [1.807, 2.05) is 4.72 Å². The molecule has 11 nitrogen and oxygen atoms in total. The molecule has 0 aliphatic heterocycles. The van der Waals surface area contributed by atoms with Crippen LogP contribution >= 0.6 is 35.0 Å². The molecular formula is C19H14ClN5O6S3. The zero-order valence-electron chi connectivity index (χ0n) is 17.1. The highest BCUT2D eigenvalue weighted by molar-refractivity contribution is 7.94. The molecule has 0 aliphatic carbocycles. The number of urea groups is 1. The van der Waals surface area contributed by atoms with Crippen LogP contribution in [-0.2, 0) is 19.2 Å². The minimum Gasteiger partial charge on any atom is -0.306 e. The Labute approximate surface area is 205 Å². The maximum absolute atomic E-state index is 13.0. The van der Waals surface area contributed by atoms with Gasteiger partial charge in [0.05, 0.1) is 46.3 Å². The van der Waals surface area contributed by atoms with Gasteiger partial charge < -0.3 is 5.32 Å². The number of amides is 2. The average molecular weight is 540 g/mol. The van der Waals surface area contributed by atoms with E-state index in [2.05, 4.69) is 20.2 Å². The average Bonchev–Trinajstić information content (AvgIpc) is 3.26. The van der Waals surface area contributed by atoms with Crippen LogP contribution in [0.2, 0.25) is 4.34 Å². The number of halogens is 1. The number of hydrogen-bond donors (Lipinski definition) is 2. The Balaban J connectivity index is 1.51. The minimum absolute atomic E-state index is 0.0976. The van der Waals surface area contributed by atoms with Gasteiger partial charge in [0.15, 0.2) is 0 Å². The van der Waals surface area contributed by atoms with Crippen LogP contribution in [0.15, 0.2) is 68.9 Å². The highest BCUT2D eigenvalue weighted by atomic mass is 35.5. The summed E-state index contributed by atoms with van der Waals surface area (Å²) in [5.41, 5.74) is 0.334. The van der Waals surface area contributed by atoms with E-state index in [0.29, 0.717) is 15.8 Å². The molecule has 0 spiro atoms. The van der Waals surface area contributed by atoms with Crippen molar-refractivity contribution in [1.82, 2.24) is 19.3 Å². The van der Waals surface area contributed by atoms with Gasteiger partial charge in [0.25, 0.3) is 15.6 Å². The van der Waals surface area contributed by atoms with Gasteiger partial charge >= 0.3 is 6.03 Å². The smallest absolute Gasteiger partial charge is 0.306 e. The number of thiophene rings is 1. The number of carbonyl (C=O) groups excluding carboxylic acids is 1. The summed E-state index contributed by atoms with van der Waals surface area (Å²) in [6.07, 6.45) is 2.61. The summed E-state index contributed by atoms with van der Waals surface area (Å²) >= 11 is 7.51. The van der Waals surface area contributed by atoms with Gasteiger partial charge in [0.2, 0.25) is 0 Å². The van der Waals surface area contributed by atoms with Crippen molar-refractivity contribution in [2.24, 2.45) is 0 Å². The second-order valence-corrected chi connectivity index (χ2v) is 10.8. The van der Waals surface area contributed by atoms with Crippen LogP contribution in [0.3, 0.4) is 0 Å². The van der Waals surface area contributed by atoms with Crippen LogP contribution in [0.1, 0.15) is 0 Å². The number of nitrogens with one attached hydrogen (secondary N) is 2. The number of pyridine rings is 1. The molecule has 0 atom stereocenters. The molecule has 34 heavy (non-hydrogen) atoms. The van der Waals surface area contributed by atoms with Crippen molar-refractivity contribution in [3.63, 3.8) is 0 Å². The first-order valence-corrected chi connectivity index (χ1v) is 12.6. The Hall–Kier alpha value is -3.01. The van der Waals surface area contributed by atoms with Crippen molar-refractivity contribution in [1.29, 1.82) is 0 Å². The summed E-state index contributed by atoms with van der Waals surface area (Å²) in [7, 11) is -2.70. The van der Waals surface area contributed by atoms with Crippen molar-refractivity contribution in [2.75, 3.05) is 12.4 Å². The molecule has 0 saturated heterocycles. The predicted octanol–water partition coefficient (Wildman–Crippen LogP) is 3.59. The number of fused-ring (bicyclic) bond motifs is 1. The van der Waals surface area contributed by atoms with Gasteiger partial charge in [-0.05, 0) is 42.5 Å². The molecule has 0 radical (unpaired) electrons. The lowest BCUT2D eigenvalue weighted by Gasteiger charge is -2.09. The van der Waals surface area contributed by atoms with Gasteiger partial charge in [-0.2, -0.15) is 4.33 Å². The summed E-state index contributed by atoms with van der Waals surface area (Å²) in [4.78, 5) is 38.7. The second kappa shape index (κ2) is 10.1. The number of aromatic nitrogens is 3. The number of sulfonamides is 1. The van der Waals surface area contributed by atoms with Crippen LogP contribution in [0, 0.1) is 0 Å². The summed E-state index contributed by atoms with van der Waals surface area (Å²) in [6.45, 7) is 0. The number of rotatable bonds is 7. The maximum Gasteiger partial charge on any atom is 0.333 e. The standard InChI is InChI=1S/C19H14ClN5O6S3/c1-30-31-33-12-3-4-14-13(8-12)18(26)25(10-22-14)16-6-2-11(9-21-16)23-19(27)24-34(28,29)17-7-5-15(20)32-17/h2-10H,1H3,(H2,23,24,27). The van der Waals surface area contributed by atoms with E-state index >= 15 is 0 Å². The molecule has 0 fully saturated rings. The van der Waals surface area contributed by atoms with E-state index < -0.39 is 16.1 Å². The Morgan fingerprint density at radius 1 is 1.18 bits per heavy atom. The molecule has 4 aromatic rings. The number of anilines is 1. The molecule has 0 unspecified atom stereocenters. The van der Waals surface area contributed by atoms with Gasteiger partial charge in [-0.25, -0.2) is 32.8 Å². The molecule has 2 N–H and O–H groups in total. The fourth-order valence-electron chi connectivity index (χ4n) is 2.76. The Kier molecular flexibility index (Phi) is 7.16. The molecule has 2 amide bonds.